The molecule has 0 fully saturated rings. The molecule has 0 aliphatic heterocycles. The van der Waals surface area contributed by atoms with E-state index in [1.807, 2.05) is 0 Å². The lowest BCUT2D eigenvalue weighted by Gasteiger charge is -2.06. The van der Waals surface area contributed by atoms with E-state index in [0.717, 1.165) is 4.68 Å². The molecule has 2 aromatic rings. The van der Waals surface area contributed by atoms with Crippen molar-refractivity contribution in [1.29, 1.82) is 0 Å². The van der Waals surface area contributed by atoms with Crippen molar-refractivity contribution in [3.8, 4) is 0 Å². The summed E-state index contributed by atoms with van der Waals surface area (Å²) in [7, 11) is 0. The van der Waals surface area contributed by atoms with Crippen molar-refractivity contribution in [2.24, 2.45) is 0 Å². The quantitative estimate of drug-likeness (QED) is 0.804. The number of nitrogens with zero attached hydrogens (tertiary/aromatic N) is 4. The Labute approximate surface area is 90.3 Å². The van der Waals surface area contributed by atoms with Crippen molar-refractivity contribution in [2.75, 3.05) is 0 Å². The fourth-order valence-corrected chi connectivity index (χ4v) is 1.42. The van der Waals surface area contributed by atoms with Crippen LogP contribution in [0, 0.1) is 0 Å². The second kappa shape index (κ2) is 3.44. The lowest BCUT2D eigenvalue weighted by atomic mass is 10.5. The Morgan fingerprint density at radius 1 is 1.33 bits per heavy atom. The largest absolute Gasteiger partial charge is 0.408 e. The van der Waals surface area contributed by atoms with Crippen LogP contribution in [0.5, 0.6) is 0 Å². The fraction of sp³-hybridized carbons (Fsp3) is 0.286. The van der Waals surface area contributed by atoms with Gasteiger partial charge in [-0.2, -0.15) is 18.3 Å². The zero-order valence-electron chi connectivity index (χ0n) is 7.16. The second-order valence-electron chi connectivity index (χ2n) is 2.82. The summed E-state index contributed by atoms with van der Waals surface area (Å²) in [5.74, 6) is 0. The number of aromatic nitrogens is 4. The summed E-state index contributed by atoms with van der Waals surface area (Å²) in [6.07, 6.45) is -1.73. The summed E-state index contributed by atoms with van der Waals surface area (Å²) in [5, 5.41) is 3.57. The van der Waals surface area contributed by atoms with Crippen molar-refractivity contribution in [2.45, 2.75) is 12.7 Å². The maximum Gasteiger partial charge on any atom is 0.408 e. The first-order valence-corrected chi connectivity index (χ1v) is 4.66. The van der Waals surface area contributed by atoms with Crippen LogP contribution in [0.15, 0.2) is 17.0 Å². The van der Waals surface area contributed by atoms with E-state index >= 15 is 0 Å². The molecule has 0 saturated carbocycles. The molecule has 0 aromatic carbocycles. The van der Waals surface area contributed by atoms with Gasteiger partial charge in [-0.1, -0.05) is 0 Å². The summed E-state index contributed by atoms with van der Waals surface area (Å²) in [6.45, 7) is -1.16. The van der Waals surface area contributed by atoms with E-state index in [-0.39, 0.29) is 5.65 Å². The lowest BCUT2D eigenvalue weighted by molar-refractivity contribution is -0.141. The van der Waals surface area contributed by atoms with Gasteiger partial charge in [-0.3, -0.25) is 0 Å². The van der Waals surface area contributed by atoms with E-state index in [2.05, 4.69) is 31.0 Å². The molecule has 0 radical (unpaired) electrons. The number of hydrogen-bond acceptors (Lipinski definition) is 3. The molecule has 2 heterocycles. The van der Waals surface area contributed by atoms with E-state index in [1.54, 1.807) is 0 Å². The molecule has 0 N–H and O–H groups in total. The highest BCUT2D eigenvalue weighted by Gasteiger charge is 2.29. The van der Waals surface area contributed by atoms with E-state index in [4.69, 9.17) is 0 Å². The maximum absolute atomic E-state index is 12.1. The third kappa shape index (κ3) is 2.25. The van der Waals surface area contributed by atoms with Gasteiger partial charge in [-0.15, -0.1) is 0 Å². The van der Waals surface area contributed by atoms with Gasteiger partial charge in [0.25, 0.3) is 0 Å². The van der Waals surface area contributed by atoms with Crippen molar-refractivity contribution in [3.63, 3.8) is 0 Å². The normalized spacial score (nSPS) is 12.3. The average molecular weight is 281 g/mol. The minimum absolute atomic E-state index is 0.121. The Morgan fingerprint density at radius 3 is 2.73 bits per heavy atom. The maximum atomic E-state index is 12.1. The second-order valence-corrected chi connectivity index (χ2v) is 3.63. The highest BCUT2D eigenvalue weighted by molar-refractivity contribution is 9.10. The van der Waals surface area contributed by atoms with Crippen molar-refractivity contribution >= 4 is 27.1 Å². The number of hydrogen-bond donors (Lipinski definition) is 0. The van der Waals surface area contributed by atoms with Gasteiger partial charge in [-0.25, -0.2) is 14.6 Å². The Balaban J connectivity index is 2.45. The van der Waals surface area contributed by atoms with E-state index < -0.39 is 12.7 Å². The summed E-state index contributed by atoms with van der Waals surface area (Å²) < 4.78 is 37.6. The fourth-order valence-electron chi connectivity index (χ4n) is 1.12. The van der Waals surface area contributed by atoms with Crippen LogP contribution in [0.4, 0.5) is 13.2 Å². The van der Waals surface area contributed by atoms with Gasteiger partial charge in [0, 0.05) is 0 Å². The molecule has 8 heteroatoms. The number of fused-ring (bicyclic) bond motifs is 1. The molecule has 0 amide bonds. The van der Waals surface area contributed by atoms with Crippen LogP contribution in [0.1, 0.15) is 0 Å². The molecule has 0 bridgehead atoms. The third-order valence-electron chi connectivity index (χ3n) is 1.64. The first kappa shape index (κ1) is 10.3. The zero-order valence-corrected chi connectivity index (χ0v) is 8.75. The van der Waals surface area contributed by atoms with Crippen LogP contribution >= 0.6 is 15.9 Å². The number of rotatable bonds is 1. The van der Waals surface area contributed by atoms with Crippen LogP contribution in [0.25, 0.3) is 11.2 Å². The van der Waals surface area contributed by atoms with Crippen LogP contribution in [-0.4, -0.2) is 25.9 Å². The Bertz CT molecular complexity index is 492. The zero-order chi connectivity index (χ0) is 11.1. The third-order valence-corrected chi connectivity index (χ3v) is 2.02. The lowest BCUT2D eigenvalue weighted by Crippen LogP contribution is -2.18. The SMILES string of the molecule is FC(F)(F)Cn1ncc2nc(Br)cnc21. The van der Waals surface area contributed by atoms with Crippen molar-refractivity contribution < 1.29 is 13.2 Å². The first-order valence-electron chi connectivity index (χ1n) is 3.86. The van der Waals surface area contributed by atoms with E-state index in [9.17, 15) is 13.2 Å². The topological polar surface area (TPSA) is 43.6 Å². The van der Waals surface area contributed by atoms with Gasteiger partial charge in [0.1, 0.15) is 16.7 Å². The molecule has 2 rings (SSSR count). The molecule has 0 unspecified atom stereocenters. The highest BCUT2D eigenvalue weighted by atomic mass is 79.9. The molecule has 0 spiro atoms. The van der Waals surface area contributed by atoms with Crippen molar-refractivity contribution in [3.05, 3.63) is 17.0 Å². The van der Waals surface area contributed by atoms with Crippen LogP contribution in [-0.2, 0) is 6.54 Å². The number of halogens is 4. The molecule has 0 saturated heterocycles. The summed E-state index contributed by atoms with van der Waals surface area (Å²) in [6, 6.07) is 0. The van der Waals surface area contributed by atoms with E-state index in [1.165, 1.54) is 12.4 Å². The molecule has 80 valence electrons. The average Bonchev–Trinajstić information content (AvgIpc) is 2.45. The molecule has 0 atom stereocenters. The molecule has 4 nitrogen and oxygen atoms in total. The van der Waals surface area contributed by atoms with Gasteiger partial charge in [0.15, 0.2) is 5.65 Å². The summed E-state index contributed by atoms with van der Waals surface area (Å²) >= 11 is 3.07. The van der Waals surface area contributed by atoms with Crippen molar-refractivity contribution in [1.82, 2.24) is 19.7 Å². The molecule has 0 aliphatic carbocycles. The monoisotopic (exact) mass is 280 g/mol. The smallest absolute Gasteiger partial charge is 0.237 e. The molecule has 2 aromatic heterocycles. The van der Waals surface area contributed by atoms with Gasteiger partial charge in [-0.05, 0) is 15.9 Å². The first-order chi connectivity index (χ1) is 6.96. The minimum atomic E-state index is -4.31. The summed E-state index contributed by atoms with van der Waals surface area (Å²) in [4.78, 5) is 7.75. The molecular formula is C7H4BrF3N4. The van der Waals surface area contributed by atoms with Crippen LogP contribution in [0.3, 0.4) is 0 Å². The Kier molecular flexibility index (Phi) is 2.37. The van der Waals surface area contributed by atoms with Crippen LogP contribution in [0.2, 0.25) is 0 Å². The highest BCUT2D eigenvalue weighted by Crippen LogP contribution is 2.20. The predicted molar refractivity (Wildman–Crippen MR) is 49.1 cm³/mol. The Hall–Kier alpha value is -1.18. The summed E-state index contributed by atoms with van der Waals surface area (Å²) in [5.41, 5.74) is 0.448. The molecule has 0 aliphatic rings. The van der Waals surface area contributed by atoms with Gasteiger partial charge < -0.3 is 0 Å². The number of alkyl halides is 3. The standard InChI is InChI=1S/C7H4BrF3N4/c8-5-2-12-6-4(14-5)1-13-15(6)3-7(9,10)11/h1-2H,3H2. The van der Waals surface area contributed by atoms with Gasteiger partial charge >= 0.3 is 6.18 Å². The Morgan fingerprint density at radius 2 is 2.07 bits per heavy atom. The van der Waals surface area contributed by atoms with Gasteiger partial charge in [0.05, 0.1) is 12.4 Å². The van der Waals surface area contributed by atoms with E-state index in [0.29, 0.717) is 10.1 Å². The van der Waals surface area contributed by atoms with Crippen LogP contribution < -0.4 is 0 Å². The van der Waals surface area contributed by atoms with Gasteiger partial charge in [0.2, 0.25) is 0 Å². The molecule has 15 heavy (non-hydrogen) atoms. The minimum Gasteiger partial charge on any atom is -0.237 e. The molecular weight excluding hydrogens is 277 g/mol. The predicted octanol–water partition coefficient (Wildman–Crippen LogP) is 2.15.